The van der Waals surface area contributed by atoms with Crippen molar-refractivity contribution in [2.45, 2.75) is 25.1 Å². The van der Waals surface area contributed by atoms with Crippen LogP contribution in [0.25, 0.3) is 10.9 Å². The molecular formula is C16H18F3N3O2. The number of aliphatic hydroxyl groups excluding tert-OH is 1. The lowest BCUT2D eigenvalue weighted by Gasteiger charge is -2.34. The number of hydrogen-bond acceptors (Lipinski definition) is 2. The molecule has 1 aromatic heterocycles. The van der Waals surface area contributed by atoms with Crippen molar-refractivity contribution in [3.05, 3.63) is 30.5 Å². The Bertz CT molecular complexity index is 721. The summed E-state index contributed by atoms with van der Waals surface area (Å²) in [5, 5.41) is 13.0. The van der Waals surface area contributed by atoms with Crippen molar-refractivity contribution in [2.24, 2.45) is 5.92 Å². The molecule has 0 bridgehead atoms. The molecule has 0 aliphatic carbocycles. The van der Waals surface area contributed by atoms with E-state index in [0.717, 1.165) is 10.9 Å². The highest BCUT2D eigenvalue weighted by Crippen LogP contribution is 2.31. The first-order chi connectivity index (χ1) is 11.3. The molecule has 3 N–H and O–H groups in total. The van der Waals surface area contributed by atoms with Gasteiger partial charge in [0.2, 0.25) is 0 Å². The van der Waals surface area contributed by atoms with E-state index in [-0.39, 0.29) is 32.0 Å². The van der Waals surface area contributed by atoms with Gasteiger partial charge in [-0.25, -0.2) is 4.79 Å². The van der Waals surface area contributed by atoms with Gasteiger partial charge < -0.3 is 20.3 Å². The van der Waals surface area contributed by atoms with Gasteiger partial charge in [0.05, 0.1) is 0 Å². The second-order valence-electron chi connectivity index (χ2n) is 6.02. The van der Waals surface area contributed by atoms with Crippen LogP contribution in [0.4, 0.5) is 23.7 Å². The first-order valence-corrected chi connectivity index (χ1v) is 7.72. The zero-order chi connectivity index (χ0) is 17.3. The predicted molar refractivity (Wildman–Crippen MR) is 83.7 cm³/mol. The minimum absolute atomic E-state index is 0.130. The third-order valence-electron chi connectivity index (χ3n) is 4.41. The van der Waals surface area contributed by atoms with Crippen LogP contribution in [-0.4, -0.2) is 46.4 Å². The molecule has 1 aliphatic rings. The number of halogens is 3. The molecule has 5 nitrogen and oxygen atoms in total. The highest BCUT2D eigenvalue weighted by molar-refractivity contribution is 5.92. The first-order valence-electron chi connectivity index (χ1n) is 7.72. The smallest absolute Gasteiger partial charge is 0.383 e. The fourth-order valence-corrected chi connectivity index (χ4v) is 3.02. The number of aliphatic hydroxyl groups is 1. The van der Waals surface area contributed by atoms with Gasteiger partial charge in [0.1, 0.15) is 0 Å². The number of aromatic amines is 1. The average molecular weight is 341 g/mol. The number of benzene rings is 1. The molecule has 2 aromatic rings. The van der Waals surface area contributed by atoms with Crippen LogP contribution in [0, 0.1) is 5.92 Å². The van der Waals surface area contributed by atoms with Crippen molar-refractivity contribution in [3.63, 3.8) is 0 Å². The molecule has 2 heterocycles. The Kier molecular flexibility index (Phi) is 4.40. The number of likely N-dealkylation sites (tertiary alicyclic amines) is 1. The molecule has 2 amide bonds. The van der Waals surface area contributed by atoms with Gasteiger partial charge in [-0.3, -0.25) is 0 Å². The number of hydrogen-bond donors (Lipinski definition) is 3. The number of aromatic nitrogens is 1. The SMILES string of the molecule is O=C(Nc1ccc2[nH]ccc2c1)N1CCC(C(O)C(F)(F)F)CC1. The summed E-state index contributed by atoms with van der Waals surface area (Å²) < 4.78 is 37.6. The molecule has 1 aromatic carbocycles. The average Bonchev–Trinajstić information content (AvgIpc) is 3.01. The maximum Gasteiger partial charge on any atom is 0.414 e. The summed E-state index contributed by atoms with van der Waals surface area (Å²) in [7, 11) is 0. The molecule has 8 heteroatoms. The molecule has 0 radical (unpaired) electrons. The molecule has 3 rings (SSSR count). The second-order valence-corrected chi connectivity index (χ2v) is 6.02. The van der Waals surface area contributed by atoms with E-state index >= 15 is 0 Å². The number of anilines is 1. The minimum atomic E-state index is -4.61. The molecule has 0 spiro atoms. The van der Waals surface area contributed by atoms with Crippen molar-refractivity contribution in [1.29, 1.82) is 0 Å². The summed E-state index contributed by atoms with van der Waals surface area (Å²) in [4.78, 5) is 16.8. The van der Waals surface area contributed by atoms with E-state index < -0.39 is 18.2 Å². The van der Waals surface area contributed by atoms with Crippen molar-refractivity contribution >= 4 is 22.6 Å². The van der Waals surface area contributed by atoms with Gasteiger partial charge in [-0.15, -0.1) is 0 Å². The van der Waals surface area contributed by atoms with E-state index in [0.29, 0.717) is 5.69 Å². The number of H-pyrrole nitrogens is 1. The summed E-state index contributed by atoms with van der Waals surface area (Å²) in [5.41, 5.74) is 1.58. The van der Waals surface area contributed by atoms with Gasteiger partial charge in [0, 0.05) is 35.9 Å². The monoisotopic (exact) mass is 341 g/mol. The fourth-order valence-electron chi connectivity index (χ4n) is 3.02. The van der Waals surface area contributed by atoms with Crippen LogP contribution < -0.4 is 5.32 Å². The molecule has 24 heavy (non-hydrogen) atoms. The van der Waals surface area contributed by atoms with Gasteiger partial charge in [-0.2, -0.15) is 13.2 Å². The van der Waals surface area contributed by atoms with Gasteiger partial charge >= 0.3 is 12.2 Å². The minimum Gasteiger partial charge on any atom is -0.383 e. The number of urea groups is 1. The Labute approximate surface area is 136 Å². The number of carbonyl (C=O) groups is 1. The number of nitrogens with one attached hydrogen (secondary N) is 2. The van der Waals surface area contributed by atoms with Crippen LogP contribution in [0.3, 0.4) is 0 Å². The molecule has 130 valence electrons. The molecule has 1 fully saturated rings. The third-order valence-corrected chi connectivity index (χ3v) is 4.41. The Hall–Kier alpha value is -2.22. The van der Waals surface area contributed by atoms with Gasteiger partial charge in [0.15, 0.2) is 6.10 Å². The maximum atomic E-state index is 12.5. The van der Waals surface area contributed by atoms with E-state index in [9.17, 15) is 23.1 Å². The Morgan fingerprint density at radius 2 is 2.00 bits per heavy atom. The van der Waals surface area contributed by atoms with Crippen LogP contribution in [-0.2, 0) is 0 Å². The fraction of sp³-hybridized carbons (Fsp3) is 0.438. The molecular weight excluding hydrogens is 323 g/mol. The van der Waals surface area contributed by atoms with Crippen molar-refractivity contribution in [2.75, 3.05) is 18.4 Å². The predicted octanol–water partition coefficient (Wildman–Crippen LogP) is 3.34. The number of amides is 2. The normalized spacial score (nSPS) is 17.9. The zero-order valence-electron chi connectivity index (χ0n) is 12.8. The number of rotatable bonds is 2. The highest BCUT2D eigenvalue weighted by atomic mass is 19.4. The first kappa shape index (κ1) is 16.6. The van der Waals surface area contributed by atoms with E-state index in [1.54, 1.807) is 12.3 Å². The molecule has 0 saturated carbocycles. The van der Waals surface area contributed by atoms with Crippen LogP contribution >= 0.6 is 0 Å². The topological polar surface area (TPSA) is 68.4 Å². The van der Waals surface area contributed by atoms with Crippen LogP contribution in [0.1, 0.15) is 12.8 Å². The van der Waals surface area contributed by atoms with Gasteiger partial charge in [0.25, 0.3) is 0 Å². The number of alkyl halides is 3. The van der Waals surface area contributed by atoms with E-state index in [1.165, 1.54) is 4.90 Å². The largest absolute Gasteiger partial charge is 0.414 e. The van der Waals surface area contributed by atoms with E-state index in [2.05, 4.69) is 10.3 Å². The van der Waals surface area contributed by atoms with Crippen LogP contribution in [0.2, 0.25) is 0 Å². The number of piperidine rings is 1. The zero-order valence-corrected chi connectivity index (χ0v) is 12.8. The van der Waals surface area contributed by atoms with Crippen molar-refractivity contribution in [3.8, 4) is 0 Å². The Balaban J connectivity index is 1.57. The van der Waals surface area contributed by atoms with Gasteiger partial charge in [-0.1, -0.05) is 0 Å². The number of fused-ring (bicyclic) bond motifs is 1. The van der Waals surface area contributed by atoms with Crippen molar-refractivity contribution < 1.29 is 23.1 Å². The lowest BCUT2D eigenvalue weighted by Crippen LogP contribution is -2.46. The van der Waals surface area contributed by atoms with Crippen LogP contribution in [0.15, 0.2) is 30.5 Å². The van der Waals surface area contributed by atoms with Crippen LogP contribution in [0.5, 0.6) is 0 Å². The quantitative estimate of drug-likeness (QED) is 0.784. The summed E-state index contributed by atoms with van der Waals surface area (Å²) in [6, 6.07) is 6.97. The molecule has 1 unspecified atom stereocenters. The molecule has 1 aliphatic heterocycles. The summed E-state index contributed by atoms with van der Waals surface area (Å²) in [6.07, 6.45) is -4.87. The third kappa shape index (κ3) is 3.48. The number of carbonyl (C=O) groups excluding carboxylic acids is 1. The lowest BCUT2D eigenvalue weighted by molar-refractivity contribution is -0.222. The number of nitrogens with zero attached hydrogens (tertiary/aromatic N) is 1. The Morgan fingerprint density at radius 1 is 1.29 bits per heavy atom. The summed E-state index contributed by atoms with van der Waals surface area (Å²) in [6.45, 7) is 0.381. The van der Waals surface area contributed by atoms with E-state index in [1.807, 2.05) is 18.2 Å². The highest BCUT2D eigenvalue weighted by Gasteiger charge is 2.44. The molecule has 1 atom stereocenters. The standard InChI is InChI=1S/C16H18F3N3O2/c17-16(18,19)14(23)10-4-7-22(8-5-10)15(24)21-12-1-2-13-11(9-12)3-6-20-13/h1-3,6,9-10,14,20,23H,4-5,7-8H2,(H,21,24). The maximum absolute atomic E-state index is 12.5. The Morgan fingerprint density at radius 3 is 2.67 bits per heavy atom. The molecule has 1 saturated heterocycles. The lowest BCUT2D eigenvalue weighted by atomic mass is 9.91. The summed E-state index contributed by atoms with van der Waals surface area (Å²) in [5.74, 6) is -0.856. The van der Waals surface area contributed by atoms with Crippen molar-refractivity contribution in [1.82, 2.24) is 9.88 Å². The van der Waals surface area contributed by atoms with Gasteiger partial charge in [-0.05, 0) is 43.0 Å². The second kappa shape index (κ2) is 6.35. The van der Waals surface area contributed by atoms with E-state index in [4.69, 9.17) is 0 Å². The summed E-state index contributed by atoms with van der Waals surface area (Å²) >= 11 is 0.